The summed E-state index contributed by atoms with van der Waals surface area (Å²) in [7, 11) is 0. The fourth-order valence-electron chi connectivity index (χ4n) is 1.34. The maximum Gasteiger partial charge on any atom is 0.337 e. The molecule has 0 aliphatic heterocycles. The van der Waals surface area contributed by atoms with Gasteiger partial charge in [-0.3, -0.25) is 0 Å². The minimum absolute atomic E-state index is 0.00602. The summed E-state index contributed by atoms with van der Waals surface area (Å²) in [6.07, 6.45) is -2.49. The Bertz CT molecular complexity index is 413. The second-order valence-corrected chi connectivity index (χ2v) is 3.46. The molecule has 0 saturated heterocycles. The lowest BCUT2D eigenvalue weighted by molar-refractivity contribution is 0.0215. The van der Waals surface area contributed by atoms with E-state index in [0.29, 0.717) is 5.69 Å². The van der Waals surface area contributed by atoms with Crippen molar-refractivity contribution in [2.75, 3.05) is 30.8 Å². The lowest BCUT2D eigenvalue weighted by Gasteiger charge is -2.11. The van der Waals surface area contributed by atoms with Crippen molar-refractivity contribution in [1.82, 2.24) is 0 Å². The summed E-state index contributed by atoms with van der Waals surface area (Å²) in [6.45, 7) is -0.270. The third-order valence-corrected chi connectivity index (χ3v) is 2.14. The number of nitrogens with one attached hydrogen (secondary N) is 1. The van der Waals surface area contributed by atoms with Crippen LogP contribution < -0.4 is 11.1 Å². The number of nitrogens with two attached hydrogens (primary N) is 1. The number of para-hydroxylation sites is 1. The smallest absolute Gasteiger partial charge is 0.337 e. The van der Waals surface area contributed by atoms with Crippen LogP contribution in [0.5, 0.6) is 0 Å². The van der Waals surface area contributed by atoms with Gasteiger partial charge in [-0.05, 0) is 12.1 Å². The Labute approximate surface area is 103 Å². The van der Waals surface area contributed by atoms with Gasteiger partial charge in [-0.25, -0.2) is 13.6 Å². The average molecular weight is 260 g/mol. The van der Waals surface area contributed by atoms with E-state index in [0.717, 1.165) is 0 Å². The summed E-state index contributed by atoms with van der Waals surface area (Å²) in [5, 5.41) is 11.7. The minimum Gasteiger partial charge on any atom is -0.478 e. The summed E-state index contributed by atoms with van der Waals surface area (Å²) in [6, 6.07) is 4.53. The Hall–Kier alpha value is -1.89. The number of anilines is 2. The Morgan fingerprint density at radius 1 is 1.50 bits per heavy atom. The Balaban J connectivity index is 2.48. The molecule has 0 spiro atoms. The number of rotatable bonds is 7. The van der Waals surface area contributed by atoms with Gasteiger partial charge in [0.1, 0.15) is 6.61 Å². The first-order valence-corrected chi connectivity index (χ1v) is 5.24. The van der Waals surface area contributed by atoms with Crippen molar-refractivity contribution in [3.05, 3.63) is 23.8 Å². The van der Waals surface area contributed by atoms with Crippen molar-refractivity contribution in [1.29, 1.82) is 0 Å². The first kappa shape index (κ1) is 14.2. The van der Waals surface area contributed by atoms with Gasteiger partial charge in [0, 0.05) is 6.54 Å². The molecule has 0 heterocycles. The van der Waals surface area contributed by atoms with E-state index in [1.807, 2.05) is 0 Å². The van der Waals surface area contributed by atoms with E-state index in [1.165, 1.54) is 6.07 Å². The molecule has 0 bridgehead atoms. The zero-order valence-corrected chi connectivity index (χ0v) is 9.53. The van der Waals surface area contributed by atoms with Gasteiger partial charge in [-0.1, -0.05) is 6.07 Å². The molecule has 0 aromatic heterocycles. The average Bonchev–Trinajstić information content (AvgIpc) is 2.30. The molecular weight excluding hydrogens is 246 g/mol. The van der Waals surface area contributed by atoms with Crippen LogP contribution >= 0.6 is 0 Å². The number of benzene rings is 1. The van der Waals surface area contributed by atoms with Crippen LogP contribution in [0.1, 0.15) is 10.4 Å². The van der Waals surface area contributed by atoms with Crippen LogP contribution in [0.15, 0.2) is 18.2 Å². The van der Waals surface area contributed by atoms with Gasteiger partial charge in [0.15, 0.2) is 0 Å². The van der Waals surface area contributed by atoms with Crippen molar-refractivity contribution < 1.29 is 23.4 Å². The third kappa shape index (κ3) is 4.17. The maximum absolute atomic E-state index is 11.8. The summed E-state index contributed by atoms with van der Waals surface area (Å²) >= 11 is 0. The zero-order valence-electron chi connectivity index (χ0n) is 9.53. The molecule has 0 unspecified atom stereocenters. The van der Waals surface area contributed by atoms with Crippen molar-refractivity contribution >= 4 is 17.3 Å². The number of aromatic carboxylic acids is 1. The van der Waals surface area contributed by atoms with Gasteiger partial charge in [0.05, 0.1) is 23.5 Å². The van der Waals surface area contributed by atoms with Crippen LogP contribution in [-0.2, 0) is 4.74 Å². The Kier molecular flexibility index (Phi) is 5.31. The number of halogens is 2. The topological polar surface area (TPSA) is 84.6 Å². The quantitative estimate of drug-likeness (QED) is 0.513. The Morgan fingerprint density at radius 3 is 2.83 bits per heavy atom. The van der Waals surface area contributed by atoms with Crippen LogP contribution in [-0.4, -0.2) is 37.3 Å². The second-order valence-electron chi connectivity index (χ2n) is 3.46. The third-order valence-electron chi connectivity index (χ3n) is 2.14. The molecule has 0 amide bonds. The summed E-state index contributed by atoms with van der Waals surface area (Å²) < 4.78 is 28.2. The number of carbonyl (C=O) groups is 1. The summed E-state index contributed by atoms with van der Waals surface area (Å²) in [5.74, 6) is -1.12. The first-order chi connectivity index (χ1) is 8.52. The molecule has 0 fully saturated rings. The molecule has 5 nitrogen and oxygen atoms in total. The molecule has 18 heavy (non-hydrogen) atoms. The molecule has 1 aromatic rings. The van der Waals surface area contributed by atoms with Gasteiger partial charge in [0.2, 0.25) is 0 Å². The van der Waals surface area contributed by atoms with Crippen molar-refractivity contribution in [3.63, 3.8) is 0 Å². The molecule has 7 heteroatoms. The van der Waals surface area contributed by atoms with Gasteiger partial charge in [-0.2, -0.15) is 0 Å². The van der Waals surface area contributed by atoms with E-state index >= 15 is 0 Å². The lowest BCUT2D eigenvalue weighted by atomic mass is 10.1. The van der Waals surface area contributed by atoms with Crippen molar-refractivity contribution in [3.8, 4) is 0 Å². The standard InChI is InChI=1S/C11H14F2N2O3/c12-9(13)6-18-5-4-15-8-3-1-2-7(10(8)14)11(16)17/h1-3,9,15H,4-6,14H2,(H,16,17). The van der Waals surface area contributed by atoms with Gasteiger partial charge in [-0.15, -0.1) is 0 Å². The highest BCUT2D eigenvalue weighted by Crippen LogP contribution is 2.22. The van der Waals surface area contributed by atoms with Gasteiger partial charge < -0.3 is 20.9 Å². The van der Waals surface area contributed by atoms with E-state index in [-0.39, 0.29) is 24.4 Å². The molecule has 0 atom stereocenters. The van der Waals surface area contributed by atoms with Crippen LogP contribution in [0.3, 0.4) is 0 Å². The largest absolute Gasteiger partial charge is 0.478 e. The van der Waals surface area contributed by atoms with E-state index in [4.69, 9.17) is 10.8 Å². The lowest BCUT2D eigenvalue weighted by Crippen LogP contribution is -2.14. The summed E-state index contributed by atoms with van der Waals surface area (Å²) in [4.78, 5) is 10.8. The molecule has 1 aromatic carbocycles. The monoisotopic (exact) mass is 260 g/mol. The molecule has 4 N–H and O–H groups in total. The maximum atomic E-state index is 11.8. The first-order valence-electron chi connectivity index (χ1n) is 5.24. The van der Waals surface area contributed by atoms with Crippen LogP contribution in [0.2, 0.25) is 0 Å². The van der Waals surface area contributed by atoms with Gasteiger partial charge in [0.25, 0.3) is 6.43 Å². The van der Waals surface area contributed by atoms with Crippen molar-refractivity contribution in [2.45, 2.75) is 6.43 Å². The number of carboxylic acids is 1. The van der Waals surface area contributed by atoms with E-state index in [1.54, 1.807) is 12.1 Å². The number of nitrogen functional groups attached to an aromatic ring is 1. The fourth-order valence-corrected chi connectivity index (χ4v) is 1.34. The van der Waals surface area contributed by atoms with Crippen LogP contribution in [0.4, 0.5) is 20.2 Å². The molecule has 100 valence electrons. The van der Waals surface area contributed by atoms with Gasteiger partial charge >= 0.3 is 5.97 Å². The minimum atomic E-state index is -2.49. The zero-order chi connectivity index (χ0) is 13.5. The highest BCUT2D eigenvalue weighted by molar-refractivity contribution is 5.97. The van der Waals surface area contributed by atoms with E-state index in [9.17, 15) is 13.6 Å². The fraction of sp³-hybridized carbons (Fsp3) is 0.364. The van der Waals surface area contributed by atoms with Crippen LogP contribution in [0, 0.1) is 0 Å². The molecule has 0 aliphatic carbocycles. The van der Waals surface area contributed by atoms with E-state index in [2.05, 4.69) is 10.1 Å². The second kappa shape index (κ2) is 6.75. The molecule has 0 radical (unpaired) electrons. The molecular formula is C11H14F2N2O3. The van der Waals surface area contributed by atoms with E-state index < -0.39 is 19.0 Å². The molecule has 0 aliphatic rings. The highest BCUT2D eigenvalue weighted by atomic mass is 19.3. The predicted molar refractivity (Wildman–Crippen MR) is 63.1 cm³/mol. The Morgan fingerprint density at radius 2 is 2.22 bits per heavy atom. The molecule has 0 saturated carbocycles. The number of alkyl halides is 2. The molecule has 1 rings (SSSR count). The van der Waals surface area contributed by atoms with Crippen molar-refractivity contribution in [2.24, 2.45) is 0 Å². The number of carboxylic acid groups (broad SMARTS) is 1. The predicted octanol–water partition coefficient (Wildman–Crippen LogP) is 1.66. The highest BCUT2D eigenvalue weighted by Gasteiger charge is 2.10. The number of ether oxygens (including phenoxy) is 1. The number of hydrogen-bond acceptors (Lipinski definition) is 4. The summed E-state index contributed by atoms with van der Waals surface area (Å²) in [5.41, 5.74) is 6.19. The SMILES string of the molecule is Nc1c(NCCOCC(F)F)cccc1C(=O)O. The number of hydrogen-bond donors (Lipinski definition) is 3. The van der Waals surface area contributed by atoms with Crippen LogP contribution in [0.25, 0.3) is 0 Å². The normalized spacial score (nSPS) is 10.6.